The third-order valence-corrected chi connectivity index (χ3v) is 5.86. The molecule has 7 heteroatoms. The Balaban J connectivity index is 1.65. The minimum Gasteiger partial charge on any atom is -0.479 e. The summed E-state index contributed by atoms with van der Waals surface area (Å²) in [7, 11) is 0. The van der Waals surface area contributed by atoms with E-state index < -0.39 is 6.10 Å². The lowest BCUT2D eigenvalue weighted by Gasteiger charge is -2.35. The first-order valence-electron chi connectivity index (χ1n) is 9.35. The molecule has 0 spiro atoms. The van der Waals surface area contributed by atoms with E-state index in [2.05, 4.69) is 4.98 Å². The van der Waals surface area contributed by atoms with Crippen molar-refractivity contribution in [3.63, 3.8) is 0 Å². The standard InChI is InChI=1S/C20H23N3O3S/c1-13-20(25)23(11-19(24)22-8-4-3-5-9-22)17-10-15(6-7-18(17)26-13)16-12-27-14(2)21-16/h6-7,10,12-13H,3-5,8-9,11H2,1-2H3. The molecule has 1 fully saturated rings. The minimum absolute atomic E-state index is 0.00185. The summed E-state index contributed by atoms with van der Waals surface area (Å²) in [6.45, 7) is 5.29. The van der Waals surface area contributed by atoms with Gasteiger partial charge in [-0.25, -0.2) is 4.98 Å². The Labute approximate surface area is 162 Å². The van der Waals surface area contributed by atoms with Crippen molar-refractivity contribution in [1.82, 2.24) is 9.88 Å². The molecule has 1 aromatic carbocycles. The molecule has 0 bridgehead atoms. The Hall–Kier alpha value is -2.41. The van der Waals surface area contributed by atoms with Gasteiger partial charge in [-0.3, -0.25) is 14.5 Å². The second-order valence-corrected chi connectivity index (χ2v) is 8.12. The van der Waals surface area contributed by atoms with E-state index in [1.165, 1.54) is 0 Å². The zero-order chi connectivity index (χ0) is 19.0. The lowest BCUT2D eigenvalue weighted by atomic mass is 10.1. The van der Waals surface area contributed by atoms with E-state index in [9.17, 15) is 9.59 Å². The van der Waals surface area contributed by atoms with Crippen LogP contribution < -0.4 is 9.64 Å². The van der Waals surface area contributed by atoms with Gasteiger partial charge in [0.05, 0.1) is 16.4 Å². The summed E-state index contributed by atoms with van der Waals surface area (Å²) in [5.41, 5.74) is 2.43. The molecular weight excluding hydrogens is 362 g/mol. The van der Waals surface area contributed by atoms with Gasteiger partial charge in [-0.1, -0.05) is 0 Å². The third-order valence-electron chi connectivity index (χ3n) is 5.08. The second kappa shape index (κ2) is 7.31. The molecule has 142 valence electrons. The highest BCUT2D eigenvalue weighted by atomic mass is 32.1. The molecule has 4 rings (SSSR count). The molecule has 1 atom stereocenters. The van der Waals surface area contributed by atoms with Gasteiger partial charge in [0.25, 0.3) is 5.91 Å². The normalized spacial score (nSPS) is 19.6. The Morgan fingerprint density at radius 2 is 2.07 bits per heavy atom. The Morgan fingerprint density at radius 1 is 1.30 bits per heavy atom. The number of amides is 2. The molecule has 0 radical (unpaired) electrons. The van der Waals surface area contributed by atoms with E-state index in [0.717, 1.165) is 48.6 Å². The lowest BCUT2D eigenvalue weighted by Crippen LogP contribution is -2.50. The lowest BCUT2D eigenvalue weighted by molar-refractivity contribution is -0.133. The topological polar surface area (TPSA) is 62.7 Å². The predicted molar refractivity (Wildman–Crippen MR) is 105 cm³/mol. The van der Waals surface area contributed by atoms with Crippen molar-refractivity contribution < 1.29 is 14.3 Å². The van der Waals surface area contributed by atoms with Crippen LogP contribution in [-0.2, 0) is 9.59 Å². The number of rotatable bonds is 3. The monoisotopic (exact) mass is 385 g/mol. The quantitative estimate of drug-likeness (QED) is 0.814. The first-order valence-corrected chi connectivity index (χ1v) is 10.2. The van der Waals surface area contributed by atoms with E-state index in [1.54, 1.807) is 23.2 Å². The Morgan fingerprint density at radius 3 is 2.78 bits per heavy atom. The van der Waals surface area contributed by atoms with Crippen molar-refractivity contribution in [1.29, 1.82) is 0 Å². The summed E-state index contributed by atoms with van der Waals surface area (Å²) in [4.78, 5) is 33.5. The molecule has 2 aliphatic rings. The molecule has 3 heterocycles. The number of fused-ring (bicyclic) bond motifs is 1. The average Bonchev–Trinajstić information content (AvgIpc) is 3.12. The van der Waals surface area contributed by atoms with E-state index >= 15 is 0 Å². The van der Waals surface area contributed by atoms with Crippen LogP contribution in [0.25, 0.3) is 11.3 Å². The molecule has 1 unspecified atom stereocenters. The Bertz CT molecular complexity index is 873. The molecule has 1 saturated heterocycles. The largest absolute Gasteiger partial charge is 0.479 e. The number of aromatic nitrogens is 1. The molecule has 1 aromatic heterocycles. The van der Waals surface area contributed by atoms with E-state index in [4.69, 9.17) is 4.74 Å². The van der Waals surface area contributed by atoms with Crippen LogP contribution in [0.5, 0.6) is 5.75 Å². The highest BCUT2D eigenvalue weighted by Crippen LogP contribution is 2.37. The summed E-state index contributed by atoms with van der Waals surface area (Å²) in [5.74, 6) is 0.446. The SMILES string of the molecule is Cc1nc(-c2ccc3c(c2)N(CC(=O)N2CCCCC2)C(=O)C(C)O3)cs1. The van der Waals surface area contributed by atoms with Crippen LogP contribution in [0.1, 0.15) is 31.2 Å². The number of likely N-dealkylation sites (tertiary alicyclic amines) is 1. The number of carbonyl (C=O) groups excluding carboxylic acids is 2. The average molecular weight is 385 g/mol. The van der Waals surface area contributed by atoms with Crippen LogP contribution in [-0.4, -0.2) is 47.4 Å². The summed E-state index contributed by atoms with van der Waals surface area (Å²) >= 11 is 1.58. The van der Waals surface area contributed by atoms with Crippen LogP contribution >= 0.6 is 11.3 Å². The zero-order valence-corrected chi connectivity index (χ0v) is 16.4. The van der Waals surface area contributed by atoms with Gasteiger partial charge in [0.15, 0.2) is 6.10 Å². The fourth-order valence-corrected chi connectivity index (χ4v) is 4.23. The van der Waals surface area contributed by atoms with Gasteiger partial charge in [0.1, 0.15) is 12.3 Å². The number of thiazole rings is 1. The first-order chi connectivity index (χ1) is 13.0. The second-order valence-electron chi connectivity index (χ2n) is 7.06. The van der Waals surface area contributed by atoms with Gasteiger partial charge in [-0.05, 0) is 51.3 Å². The molecule has 0 aliphatic carbocycles. The van der Waals surface area contributed by atoms with Crippen LogP contribution in [0.2, 0.25) is 0 Å². The van der Waals surface area contributed by atoms with Crippen LogP contribution in [0.3, 0.4) is 0 Å². The number of nitrogens with zero attached hydrogens (tertiary/aromatic N) is 3. The van der Waals surface area contributed by atoms with Gasteiger partial charge in [0.2, 0.25) is 5.91 Å². The molecule has 27 heavy (non-hydrogen) atoms. The predicted octanol–water partition coefficient (Wildman–Crippen LogP) is 3.24. The number of aryl methyl sites for hydroxylation is 1. The van der Waals surface area contributed by atoms with Crippen molar-refractivity contribution in [2.45, 2.75) is 39.2 Å². The molecule has 2 aromatic rings. The third kappa shape index (κ3) is 3.56. The first kappa shape index (κ1) is 18.0. The Kier molecular flexibility index (Phi) is 4.86. The van der Waals surface area contributed by atoms with Crippen LogP contribution in [0.15, 0.2) is 23.6 Å². The molecular formula is C20H23N3O3S. The van der Waals surface area contributed by atoms with Crippen molar-refractivity contribution in [3.05, 3.63) is 28.6 Å². The van der Waals surface area contributed by atoms with E-state index in [-0.39, 0.29) is 18.4 Å². The van der Waals surface area contributed by atoms with E-state index in [1.807, 2.05) is 35.4 Å². The number of hydrogen-bond acceptors (Lipinski definition) is 5. The molecule has 0 N–H and O–H groups in total. The van der Waals surface area contributed by atoms with Crippen molar-refractivity contribution >= 4 is 28.8 Å². The highest BCUT2D eigenvalue weighted by molar-refractivity contribution is 7.09. The summed E-state index contributed by atoms with van der Waals surface area (Å²) < 4.78 is 5.76. The van der Waals surface area contributed by atoms with E-state index in [0.29, 0.717) is 11.4 Å². The van der Waals surface area contributed by atoms with Gasteiger partial charge >= 0.3 is 0 Å². The smallest absolute Gasteiger partial charge is 0.268 e. The van der Waals surface area contributed by atoms with Gasteiger partial charge in [-0.15, -0.1) is 11.3 Å². The number of anilines is 1. The molecule has 6 nitrogen and oxygen atoms in total. The van der Waals surface area contributed by atoms with Gasteiger partial charge in [0, 0.05) is 24.0 Å². The van der Waals surface area contributed by atoms with Crippen molar-refractivity contribution in [3.8, 4) is 17.0 Å². The maximum atomic E-state index is 12.8. The number of ether oxygens (including phenoxy) is 1. The molecule has 2 aliphatic heterocycles. The summed E-state index contributed by atoms with van der Waals surface area (Å²) in [6, 6.07) is 5.71. The van der Waals surface area contributed by atoms with Crippen LogP contribution in [0.4, 0.5) is 5.69 Å². The number of carbonyl (C=O) groups is 2. The molecule has 2 amide bonds. The number of hydrogen-bond donors (Lipinski definition) is 0. The van der Waals surface area contributed by atoms with Gasteiger partial charge in [-0.2, -0.15) is 0 Å². The fraction of sp³-hybridized carbons (Fsp3) is 0.450. The maximum Gasteiger partial charge on any atom is 0.268 e. The van der Waals surface area contributed by atoms with Gasteiger partial charge < -0.3 is 9.64 Å². The maximum absolute atomic E-state index is 12.8. The molecule has 0 saturated carbocycles. The minimum atomic E-state index is -0.598. The number of piperidine rings is 1. The summed E-state index contributed by atoms with van der Waals surface area (Å²) in [6.07, 6.45) is 2.63. The zero-order valence-electron chi connectivity index (χ0n) is 15.6. The van der Waals surface area contributed by atoms with Crippen molar-refractivity contribution in [2.75, 3.05) is 24.5 Å². The number of benzene rings is 1. The summed E-state index contributed by atoms with van der Waals surface area (Å²) in [5, 5.41) is 2.98. The highest BCUT2D eigenvalue weighted by Gasteiger charge is 2.34. The van der Waals surface area contributed by atoms with Crippen LogP contribution in [0, 0.1) is 6.92 Å². The van der Waals surface area contributed by atoms with Crippen molar-refractivity contribution in [2.24, 2.45) is 0 Å². The fourth-order valence-electron chi connectivity index (χ4n) is 3.60.